The summed E-state index contributed by atoms with van der Waals surface area (Å²) < 4.78 is 10.4. The van der Waals surface area contributed by atoms with E-state index in [9.17, 15) is 14.4 Å². The van der Waals surface area contributed by atoms with Crippen molar-refractivity contribution in [3.8, 4) is 0 Å². The molecule has 0 aromatic heterocycles. The van der Waals surface area contributed by atoms with Crippen LogP contribution in [-0.2, 0) is 19.1 Å². The number of likely N-dealkylation sites (tertiary alicyclic amines) is 1. The number of carbonyl (C=O) groups excluding carboxylic acids is 3. The maximum Gasteiger partial charge on any atom is 0.408 e. The first-order chi connectivity index (χ1) is 14.1. The van der Waals surface area contributed by atoms with Crippen molar-refractivity contribution >= 4 is 18.0 Å². The second kappa shape index (κ2) is 10.2. The molecule has 0 spiro atoms. The van der Waals surface area contributed by atoms with Crippen LogP contribution < -0.4 is 5.32 Å². The number of nitrogens with one attached hydrogen (secondary N) is 1. The van der Waals surface area contributed by atoms with Crippen molar-refractivity contribution in [1.82, 2.24) is 10.2 Å². The number of methoxy groups -OCH3 is 1. The second-order valence-corrected chi connectivity index (χ2v) is 9.34. The van der Waals surface area contributed by atoms with E-state index in [0.29, 0.717) is 13.0 Å². The Morgan fingerprint density at radius 2 is 1.80 bits per heavy atom. The molecule has 2 fully saturated rings. The van der Waals surface area contributed by atoms with Gasteiger partial charge in [-0.15, -0.1) is 5.73 Å². The first-order valence-corrected chi connectivity index (χ1v) is 10.8. The van der Waals surface area contributed by atoms with Gasteiger partial charge < -0.3 is 19.7 Å². The summed E-state index contributed by atoms with van der Waals surface area (Å²) in [5.74, 6) is -0.680. The lowest BCUT2D eigenvalue weighted by Crippen LogP contribution is -2.55. The zero-order valence-corrected chi connectivity index (χ0v) is 19.0. The minimum absolute atomic E-state index is 0.0101. The second-order valence-electron chi connectivity index (χ2n) is 9.34. The summed E-state index contributed by atoms with van der Waals surface area (Å²) in [4.78, 5) is 40.1. The highest BCUT2D eigenvalue weighted by Gasteiger charge is 2.45. The molecule has 1 N–H and O–H groups in total. The standard InChI is InChI=1S/C23H36N2O5/c1-7-15(2)17-13-18(21(27)29-6)25(14-17)20(26)19(16-11-9-8-10-12-16)24-22(28)30-23(3,4)5/h16-19H,1,8-14H2,2-6H3,(H,24,28)/t17?,18-,19-/m0/s1. The summed E-state index contributed by atoms with van der Waals surface area (Å²) in [7, 11) is 1.33. The number of hydrogen-bond acceptors (Lipinski definition) is 5. The third-order valence-electron chi connectivity index (χ3n) is 6.01. The molecule has 0 aromatic rings. The SMILES string of the molecule is C=C=C(C)C1C[C@@H](C(=O)OC)N(C(=O)[C@@H](NC(=O)OC(C)(C)C)C2CCCCC2)C1. The van der Waals surface area contributed by atoms with E-state index >= 15 is 0 Å². The van der Waals surface area contributed by atoms with Gasteiger partial charge in [0.05, 0.1) is 7.11 Å². The van der Waals surface area contributed by atoms with E-state index in [1.54, 1.807) is 25.7 Å². The highest BCUT2D eigenvalue weighted by molar-refractivity contribution is 5.90. The van der Waals surface area contributed by atoms with Crippen molar-refractivity contribution in [2.75, 3.05) is 13.7 Å². The number of hydrogen-bond donors (Lipinski definition) is 1. The zero-order chi connectivity index (χ0) is 22.5. The summed E-state index contributed by atoms with van der Waals surface area (Å²) in [5.41, 5.74) is 3.13. The lowest BCUT2D eigenvalue weighted by molar-refractivity contribution is -0.152. The molecular formula is C23H36N2O5. The Morgan fingerprint density at radius 3 is 2.33 bits per heavy atom. The Labute approximate surface area is 179 Å². The van der Waals surface area contributed by atoms with Gasteiger partial charge in [-0.3, -0.25) is 4.79 Å². The van der Waals surface area contributed by atoms with Crippen molar-refractivity contribution < 1.29 is 23.9 Å². The van der Waals surface area contributed by atoms with E-state index in [-0.39, 0.29) is 17.7 Å². The third-order valence-corrected chi connectivity index (χ3v) is 6.01. The first-order valence-electron chi connectivity index (χ1n) is 10.8. The number of esters is 1. The normalized spacial score (nSPS) is 23.3. The minimum atomic E-state index is -0.723. The summed E-state index contributed by atoms with van der Waals surface area (Å²) >= 11 is 0. The van der Waals surface area contributed by atoms with Gasteiger partial charge in [0.2, 0.25) is 5.91 Å². The molecule has 1 heterocycles. The average molecular weight is 421 g/mol. The minimum Gasteiger partial charge on any atom is -0.467 e. The van der Waals surface area contributed by atoms with Crippen LogP contribution in [0.1, 0.15) is 66.2 Å². The van der Waals surface area contributed by atoms with Gasteiger partial charge in [-0.25, -0.2) is 9.59 Å². The molecule has 2 rings (SSSR count). The maximum atomic E-state index is 13.6. The largest absolute Gasteiger partial charge is 0.467 e. The van der Waals surface area contributed by atoms with Crippen LogP contribution in [-0.4, -0.2) is 54.2 Å². The summed E-state index contributed by atoms with van der Waals surface area (Å²) in [6, 6.07) is -1.40. The van der Waals surface area contributed by atoms with Crippen molar-refractivity contribution in [1.29, 1.82) is 0 Å². The van der Waals surface area contributed by atoms with Crippen molar-refractivity contribution in [2.24, 2.45) is 11.8 Å². The molecule has 0 aromatic carbocycles. The van der Waals surface area contributed by atoms with Gasteiger partial charge in [-0.1, -0.05) is 25.8 Å². The number of amides is 2. The molecule has 2 aliphatic rings. The van der Waals surface area contributed by atoms with Crippen LogP contribution in [0.5, 0.6) is 0 Å². The fourth-order valence-electron chi connectivity index (χ4n) is 4.36. The maximum absolute atomic E-state index is 13.6. The highest BCUT2D eigenvalue weighted by Crippen LogP contribution is 2.33. The van der Waals surface area contributed by atoms with Crippen LogP contribution in [0.15, 0.2) is 17.9 Å². The van der Waals surface area contributed by atoms with E-state index in [1.165, 1.54) is 7.11 Å². The quantitative estimate of drug-likeness (QED) is 0.543. The van der Waals surface area contributed by atoms with Gasteiger partial charge in [-0.05, 0) is 58.4 Å². The van der Waals surface area contributed by atoms with Crippen molar-refractivity contribution in [2.45, 2.75) is 83.9 Å². The Morgan fingerprint density at radius 1 is 1.17 bits per heavy atom. The number of ether oxygens (including phenoxy) is 2. The van der Waals surface area contributed by atoms with Crippen LogP contribution in [0.2, 0.25) is 0 Å². The van der Waals surface area contributed by atoms with Crippen LogP contribution in [0.25, 0.3) is 0 Å². The Kier molecular flexibility index (Phi) is 8.13. The molecule has 1 aliphatic carbocycles. The Balaban J connectivity index is 2.28. The summed E-state index contributed by atoms with van der Waals surface area (Å²) in [6.07, 6.45) is 4.74. The predicted octanol–water partition coefficient (Wildman–Crippen LogP) is 3.58. The molecule has 0 radical (unpaired) electrons. The highest BCUT2D eigenvalue weighted by atomic mass is 16.6. The molecule has 1 saturated heterocycles. The molecule has 1 saturated carbocycles. The van der Waals surface area contributed by atoms with E-state index in [4.69, 9.17) is 9.47 Å². The summed E-state index contributed by atoms with van der Waals surface area (Å²) in [6.45, 7) is 11.3. The number of alkyl carbamates (subject to hydrolysis) is 1. The molecule has 2 amide bonds. The van der Waals surface area contributed by atoms with Gasteiger partial charge in [-0.2, -0.15) is 0 Å². The summed E-state index contributed by atoms with van der Waals surface area (Å²) in [5, 5.41) is 2.82. The predicted molar refractivity (Wildman–Crippen MR) is 114 cm³/mol. The monoisotopic (exact) mass is 420 g/mol. The molecule has 168 valence electrons. The van der Waals surface area contributed by atoms with E-state index in [1.807, 2.05) is 6.92 Å². The molecule has 1 unspecified atom stereocenters. The van der Waals surface area contributed by atoms with Crippen LogP contribution >= 0.6 is 0 Å². The van der Waals surface area contributed by atoms with Gasteiger partial charge >= 0.3 is 12.1 Å². The van der Waals surface area contributed by atoms with E-state index < -0.39 is 29.7 Å². The third kappa shape index (κ3) is 6.11. The zero-order valence-electron chi connectivity index (χ0n) is 19.0. The van der Waals surface area contributed by atoms with Gasteiger partial charge in [0.25, 0.3) is 0 Å². The number of carbonyl (C=O) groups is 3. The van der Waals surface area contributed by atoms with Crippen LogP contribution in [0, 0.1) is 11.8 Å². The smallest absolute Gasteiger partial charge is 0.408 e. The van der Waals surface area contributed by atoms with Crippen molar-refractivity contribution in [3.63, 3.8) is 0 Å². The average Bonchev–Trinajstić information content (AvgIpc) is 3.15. The van der Waals surface area contributed by atoms with Gasteiger partial charge in [0.1, 0.15) is 17.7 Å². The number of rotatable bonds is 5. The molecular weight excluding hydrogens is 384 g/mol. The lowest BCUT2D eigenvalue weighted by Gasteiger charge is -2.34. The van der Waals surface area contributed by atoms with Gasteiger partial charge in [0, 0.05) is 12.5 Å². The fraction of sp³-hybridized carbons (Fsp3) is 0.739. The van der Waals surface area contributed by atoms with E-state index in [0.717, 1.165) is 37.7 Å². The van der Waals surface area contributed by atoms with Crippen LogP contribution in [0.3, 0.4) is 0 Å². The molecule has 1 aliphatic heterocycles. The van der Waals surface area contributed by atoms with E-state index in [2.05, 4.69) is 17.6 Å². The van der Waals surface area contributed by atoms with Gasteiger partial charge in [0.15, 0.2) is 0 Å². The molecule has 0 bridgehead atoms. The number of nitrogens with zero attached hydrogens (tertiary/aromatic N) is 1. The molecule has 7 heteroatoms. The lowest BCUT2D eigenvalue weighted by atomic mass is 9.83. The first kappa shape index (κ1) is 24.0. The molecule has 7 nitrogen and oxygen atoms in total. The van der Waals surface area contributed by atoms with Crippen LogP contribution in [0.4, 0.5) is 4.79 Å². The molecule has 3 atom stereocenters. The fourth-order valence-corrected chi connectivity index (χ4v) is 4.36. The topological polar surface area (TPSA) is 84.9 Å². The Hall–Kier alpha value is -2.27. The Bertz CT molecular complexity index is 699. The molecule has 30 heavy (non-hydrogen) atoms. The van der Waals surface area contributed by atoms with Crippen molar-refractivity contribution in [3.05, 3.63) is 17.9 Å².